The van der Waals surface area contributed by atoms with Gasteiger partial charge in [0, 0.05) is 5.38 Å². The SMILES string of the molecule is c1cc2cccc3c4cccc5cccc(c(c1)c23)c54.c1csnn1. The zero-order chi connectivity index (χ0) is 16.6. The van der Waals surface area contributed by atoms with Crippen LogP contribution in [0.15, 0.2) is 84.4 Å². The number of hydrogen-bond acceptors (Lipinski definition) is 3. The summed E-state index contributed by atoms with van der Waals surface area (Å²) in [6.45, 7) is 0. The van der Waals surface area contributed by atoms with Crippen molar-refractivity contribution in [1.29, 1.82) is 0 Å². The molecule has 118 valence electrons. The Balaban J connectivity index is 0.000000244. The van der Waals surface area contributed by atoms with E-state index < -0.39 is 0 Å². The topological polar surface area (TPSA) is 25.8 Å². The molecule has 0 unspecified atom stereocenters. The Morgan fingerprint density at radius 2 is 1.00 bits per heavy atom. The molecule has 25 heavy (non-hydrogen) atoms. The highest BCUT2D eigenvalue weighted by atomic mass is 32.1. The molecule has 0 aliphatic carbocycles. The van der Waals surface area contributed by atoms with Crippen LogP contribution in [0.5, 0.6) is 0 Å². The van der Waals surface area contributed by atoms with Gasteiger partial charge in [0.25, 0.3) is 0 Å². The van der Waals surface area contributed by atoms with E-state index in [9.17, 15) is 0 Å². The summed E-state index contributed by atoms with van der Waals surface area (Å²) in [6.07, 6.45) is 1.66. The van der Waals surface area contributed by atoms with Crippen LogP contribution in [0.2, 0.25) is 0 Å². The van der Waals surface area contributed by atoms with E-state index in [1.165, 1.54) is 54.6 Å². The minimum atomic E-state index is 1.33. The largest absolute Gasteiger partial charge is 0.147 e. The van der Waals surface area contributed by atoms with Crippen LogP contribution >= 0.6 is 11.5 Å². The summed E-state index contributed by atoms with van der Waals surface area (Å²) < 4.78 is 3.51. The van der Waals surface area contributed by atoms with Gasteiger partial charge in [0.2, 0.25) is 0 Å². The lowest BCUT2D eigenvalue weighted by atomic mass is 9.90. The number of rotatable bonds is 0. The van der Waals surface area contributed by atoms with E-state index in [4.69, 9.17) is 0 Å². The molecule has 6 aromatic rings. The first-order valence-electron chi connectivity index (χ1n) is 8.19. The monoisotopic (exact) mass is 338 g/mol. The average Bonchev–Trinajstić information content (AvgIpc) is 3.26. The summed E-state index contributed by atoms with van der Waals surface area (Å²) in [7, 11) is 0. The van der Waals surface area contributed by atoms with E-state index in [2.05, 4.69) is 82.4 Å². The van der Waals surface area contributed by atoms with Crippen LogP contribution in [-0.2, 0) is 0 Å². The van der Waals surface area contributed by atoms with Crippen LogP contribution in [0.1, 0.15) is 0 Å². The molecule has 0 saturated carbocycles. The molecular formula is C22H14N2S. The Labute approximate surface area is 148 Å². The van der Waals surface area contributed by atoms with Gasteiger partial charge in [-0.25, -0.2) is 0 Å². The molecule has 0 radical (unpaired) electrons. The molecule has 0 spiro atoms. The molecule has 0 N–H and O–H groups in total. The fourth-order valence-corrected chi connectivity index (χ4v) is 3.99. The Morgan fingerprint density at radius 3 is 1.28 bits per heavy atom. The van der Waals surface area contributed by atoms with E-state index >= 15 is 0 Å². The summed E-state index contributed by atoms with van der Waals surface area (Å²) in [6, 6.07) is 26.4. The summed E-state index contributed by atoms with van der Waals surface area (Å²) in [5, 5.41) is 16.2. The lowest BCUT2D eigenvalue weighted by Gasteiger charge is -2.13. The van der Waals surface area contributed by atoms with Crippen LogP contribution in [0.25, 0.3) is 43.1 Å². The Morgan fingerprint density at radius 1 is 0.560 bits per heavy atom. The number of nitrogens with zero attached hydrogens (tertiary/aromatic N) is 2. The quantitative estimate of drug-likeness (QED) is 0.241. The van der Waals surface area contributed by atoms with Crippen molar-refractivity contribution in [3.63, 3.8) is 0 Å². The second-order valence-electron chi connectivity index (χ2n) is 6.01. The summed E-state index contributed by atoms with van der Waals surface area (Å²) in [5.74, 6) is 0. The third-order valence-electron chi connectivity index (χ3n) is 4.67. The highest BCUT2D eigenvalue weighted by molar-refractivity contribution is 7.03. The summed E-state index contributed by atoms with van der Waals surface area (Å²) in [5.41, 5.74) is 0. The van der Waals surface area contributed by atoms with Crippen molar-refractivity contribution in [1.82, 2.24) is 9.59 Å². The highest BCUT2D eigenvalue weighted by Gasteiger charge is 2.11. The van der Waals surface area contributed by atoms with Gasteiger partial charge in [-0.2, -0.15) is 0 Å². The van der Waals surface area contributed by atoms with E-state index in [0.29, 0.717) is 0 Å². The van der Waals surface area contributed by atoms with Crippen LogP contribution in [0.3, 0.4) is 0 Å². The van der Waals surface area contributed by atoms with Crippen LogP contribution in [0, 0.1) is 0 Å². The molecule has 3 heteroatoms. The number of fused-ring (bicyclic) bond motifs is 2. The molecular weight excluding hydrogens is 324 g/mol. The van der Waals surface area contributed by atoms with Crippen molar-refractivity contribution in [3.05, 3.63) is 84.4 Å². The second kappa shape index (κ2) is 5.80. The second-order valence-corrected chi connectivity index (χ2v) is 6.65. The third-order valence-corrected chi connectivity index (χ3v) is 5.10. The van der Waals surface area contributed by atoms with E-state index in [1.807, 2.05) is 5.38 Å². The van der Waals surface area contributed by atoms with Crippen molar-refractivity contribution < 1.29 is 0 Å². The summed E-state index contributed by atoms with van der Waals surface area (Å²) >= 11 is 1.35. The number of hydrogen-bond donors (Lipinski definition) is 0. The molecule has 0 bridgehead atoms. The molecule has 1 heterocycles. The maximum atomic E-state index is 3.51. The van der Waals surface area contributed by atoms with Gasteiger partial charge in [0.1, 0.15) is 0 Å². The van der Waals surface area contributed by atoms with Crippen LogP contribution in [0.4, 0.5) is 0 Å². The minimum Gasteiger partial charge on any atom is -0.147 e. The fraction of sp³-hybridized carbons (Fsp3) is 0. The molecule has 0 saturated heterocycles. The molecule has 0 aliphatic rings. The van der Waals surface area contributed by atoms with Gasteiger partial charge >= 0.3 is 0 Å². The first kappa shape index (κ1) is 14.3. The third kappa shape index (κ3) is 2.24. The van der Waals surface area contributed by atoms with Crippen molar-refractivity contribution in [2.24, 2.45) is 0 Å². The van der Waals surface area contributed by atoms with Gasteiger partial charge in [-0.3, -0.25) is 0 Å². The fourth-order valence-electron chi connectivity index (χ4n) is 3.72. The first-order valence-corrected chi connectivity index (χ1v) is 9.02. The Hall–Kier alpha value is -3.04. The molecule has 0 fully saturated rings. The normalized spacial score (nSPS) is 11.2. The first-order chi connectivity index (χ1) is 12.4. The van der Waals surface area contributed by atoms with Gasteiger partial charge in [-0.15, -0.1) is 5.10 Å². The van der Waals surface area contributed by atoms with Gasteiger partial charge in [-0.1, -0.05) is 77.3 Å². The van der Waals surface area contributed by atoms with Crippen LogP contribution < -0.4 is 0 Å². The minimum absolute atomic E-state index is 1.33. The molecule has 2 nitrogen and oxygen atoms in total. The van der Waals surface area contributed by atoms with Crippen molar-refractivity contribution >= 4 is 54.6 Å². The van der Waals surface area contributed by atoms with E-state index in [0.717, 1.165) is 0 Å². The Kier molecular flexibility index (Phi) is 3.32. The molecule has 6 rings (SSSR count). The maximum absolute atomic E-state index is 3.51. The summed E-state index contributed by atoms with van der Waals surface area (Å²) in [4.78, 5) is 0. The zero-order valence-electron chi connectivity index (χ0n) is 13.4. The van der Waals surface area contributed by atoms with Gasteiger partial charge in [0.05, 0.1) is 6.20 Å². The predicted molar refractivity (Wildman–Crippen MR) is 108 cm³/mol. The molecule has 1 aromatic heterocycles. The van der Waals surface area contributed by atoms with Gasteiger partial charge < -0.3 is 0 Å². The Bertz CT molecular complexity index is 1100. The number of benzene rings is 5. The predicted octanol–water partition coefficient (Wildman–Crippen LogP) is 6.28. The molecule has 0 aliphatic heterocycles. The number of aromatic nitrogens is 2. The highest BCUT2D eigenvalue weighted by Crippen LogP contribution is 2.39. The lowest BCUT2D eigenvalue weighted by molar-refractivity contribution is 1.16. The molecule has 0 amide bonds. The van der Waals surface area contributed by atoms with Crippen LogP contribution in [-0.4, -0.2) is 9.59 Å². The van der Waals surface area contributed by atoms with E-state index in [1.54, 1.807) is 6.20 Å². The molecule has 0 atom stereocenters. The lowest BCUT2D eigenvalue weighted by Crippen LogP contribution is -1.85. The molecule has 5 aromatic carbocycles. The standard InChI is InChI=1S/C20H12.C2H2N2S/c1-5-13-6-2-11-17-18-12-4-8-14-7-3-10-16(20(14)18)15(9-1)19(13)17;1-2-5-4-3-1/h1-12H;1-2H. The van der Waals surface area contributed by atoms with Gasteiger partial charge in [0.15, 0.2) is 0 Å². The van der Waals surface area contributed by atoms with Crippen molar-refractivity contribution in [3.8, 4) is 0 Å². The average molecular weight is 338 g/mol. The maximum Gasteiger partial charge on any atom is 0.0620 e. The van der Waals surface area contributed by atoms with E-state index in [-0.39, 0.29) is 0 Å². The van der Waals surface area contributed by atoms with Crippen molar-refractivity contribution in [2.75, 3.05) is 0 Å². The van der Waals surface area contributed by atoms with Gasteiger partial charge in [-0.05, 0) is 54.6 Å². The van der Waals surface area contributed by atoms with Crippen molar-refractivity contribution in [2.45, 2.75) is 0 Å². The smallest absolute Gasteiger partial charge is 0.0620 e. The zero-order valence-corrected chi connectivity index (χ0v) is 14.2.